The number of nitrogens with one attached hydrogen (secondary N) is 1. The number of ether oxygens (including phenoxy) is 2. The summed E-state index contributed by atoms with van der Waals surface area (Å²) >= 11 is 6.28. The van der Waals surface area contributed by atoms with E-state index < -0.39 is 0 Å². The molecule has 0 amide bonds. The van der Waals surface area contributed by atoms with Gasteiger partial charge in [0, 0.05) is 12.6 Å². The summed E-state index contributed by atoms with van der Waals surface area (Å²) in [7, 11) is 0. The molecule has 21 heavy (non-hydrogen) atoms. The Morgan fingerprint density at radius 3 is 2.81 bits per heavy atom. The molecule has 0 radical (unpaired) electrons. The Hall–Kier alpha value is -0.930. The van der Waals surface area contributed by atoms with Gasteiger partial charge in [0.1, 0.15) is 13.2 Å². The third-order valence-corrected chi connectivity index (χ3v) is 4.94. The molecule has 3 atom stereocenters. The molecule has 3 nitrogen and oxygen atoms in total. The van der Waals surface area contributed by atoms with E-state index in [9.17, 15) is 0 Å². The molecule has 0 aromatic heterocycles. The summed E-state index contributed by atoms with van der Waals surface area (Å²) in [6.45, 7) is 6.71. The van der Waals surface area contributed by atoms with E-state index in [0.29, 0.717) is 30.0 Å². The van der Waals surface area contributed by atoms with Crippen LogP contribution in [0.3, 0.4) is 0 Å². The van der Waals surface area contributed by atoms with Gasteiger partial charge in [-0.1, -0.05) is 25.4 Å². The van der Waals surface area contributed by atoms with Crippen LogP contribution in [-0.4, -0.2) is 19.3 Å². The van der Waals surface area contributed by atoms with Gasteiger partial charge in [0.05, 0.1) is 5.02 Å². The first-order valence-corrected chi connectivity index (χ1v) is 8.32. The van der Waals surface area contributed by atoms with E-state index in [1.54, 1.807) is 0 Å². The second kappa shape index (κ2) is 6.45. The van der Waals surface area contributed by atoms with Crippen LogP contribution in [0, 0.1) is 11.8 Å². The smallest absolute Gasteiger partial charge is 0.179 e. The van der Waals surface area contributed by atoms with E-state index in [4.69, 9.17) is 21.1 Å². The topological polar surface area (TPSA) is 30.5 Å². The molecule has 0 saturated heterocycles. The molecule has 3 rings (SSSR count). The summed E-state index contributed by atoms with van der Waals surface area (Å²) in [5, 5.41) is 4.33. The summed E-state index contributed by atoms with van der Waals surface area (Å²) in [6, 6.07) is 4.63. The van der Waals surface area contributed by atoms with Crippen LogP contribution in [0.2, 0.25) is 5.02 Å². The number of halogens is 1. The molecule has 2 aliphatic rings. The molecular formula is C17H24ClNO2. The maximum Gasteiger partial charge on any atom is 0.179 e. The number of hydrogen-bond donors (Lipinski definition) is 1. The van der Waals surface area contributed by atoms with Crippen molar-refractivity contribution >= 4 is 11.6 Å². The highest BCUT2D eigenvalue weighted by molar-refractivity contribution is 6.32. The number of benzene rings is 1. The van der Waals surface area contributed by atoms with E-state index in [1.165, 1.54) is 19.3 Å². The molecule has 3 unspecified atom stereocenters. The number of fused-ring (bicyclic) bond motifs is 1. The Labute approximate surface area is 132 Å². The number of rotatable bonds is 3. The minimum Gasteiger partial charge on any atom is -0.486 e. The van der Waals surface area contributed by atoms with Crippen LogP contribution < -0.4 is 14.8 Å². The maximum absolute atomic E-state index is 6.28. The maximum atomic E-state index is 6.28. The lowest BCUT2D eigenvalue weighted by atomic mass is 9.80. The Morgan fingerprint density at radius 1 is 1.19 bits per heavy atom. The van der Waals surface area contributed by atoms with Crippen molar-refractivity contribution in [2.24, 2.45) is 11.8 Å². The van der Waals surface area contributed by atoms with Gasteiger partial charge in [0.2, 0.25) is 0 Å². The van der Waals surface area contributed by atoms with Crippen LogP contribution in [0.25, 0.3) is 0 Å². The molecule has 1 aromatic rings. The second-order valence-corrected chi connectivity index (χ2v) is 6.89. The molecule has 1 aliphatic carbocycles. The van der Waals surface area contributed by atoms with Crippen molar-refractivity contribution in [3.05, 3.63) is 22.7 Å². The fraction of sp³-hybridized carbons (Fsp3) is 0.647. The van der Waals surface area contributed by atoms with Gasteiger partial charge in [-0.3, -0.25) is 0 Å². The van der Waals surface area contributed by atoms with Gasteiger partial charge in [0.15, 0.2) is 11.5 Å². The molecule has 116 valence electrons. The Bertz CT molecular complexity index is 506. The van der Waals surface area contributed by atoms with Crippen LogP contribution in [-0.2, 0) is 6.54 Å². The second-order valence-electron chi connectivity index (χ2n) is 6.48. The van der Waals surface area contributed by atoms with Crippen LogP contribution in [0.1, 0.15) is 38.7 Å². The highest BCUT2D eigenvalue weighted by Crippen LogP contribution is 2.38. The Morgan fingerprint density at radius 2 is 2.00 bits per heavy atom. The van der Waals surface area contributed by atoms with Crippen molar-refractivity contribution in [3.8, 4) is 11.5 Å². The first kappa shape index (κ1) is 15.0. The largest absolute Gasteiger partial charge is 0.486 e. The van der Waals surface area contributed by atoms with Crippen molar-refractivity contribution in [3.63, 3.8) is 0 Å². The van der Waals surface area contributed by atoms with Crippen LogP contribution in [0.15, 0.2) is 12.1 Å². The minimum absolute atomic E-state index is 0.572. The van der Waals surface area contributed by atoms with E-state index in [0.717, 1.165) is 29.7 Å². The van der Waals surface area contributed by atoms with Crippen molar-refractivity contribution in [1.29, 1.82) is 0 Å². The molecule has 1 N–H and O–H groups in total. The van der Waals surface area contributed by atoms with Crippen molar-refractivity contribution < 1.29 is 9.47 Å². The third kappa shape index (κ3) is 3.46. The predicted molar refractivity (Wildman–Crippen MR) is 85.2 cm³/mol. The summed E-state index contributed by atoms with van der Waals surface area (Å²) in [4.78, 5) is 0. The van der Waals surface area contributed by atoms with Crippen molar-refractivity contribution in [2.75, 3.05) is 13.2 Å². The lowest BCUT2D eigenvalue weighted by Gasteiger charge is -2.33. The highest BCUT2D eigenvalue weighted by atomic mass is 35.5. The van der Waals surface area contributed by atoms with Gasteiger partial charge in [0.25, 0.3) is 0 Å². The first-order chi connectivity index (χ1) is 10.1. The van der Waals surface area contributed by atoms with Gasteiger partial charge in [-0.15, -0.1) is 0 Å². The fourth-order valence-electron chi connectivity index (χ4n) is 3.48. The lowest BCUT2D eigenvalue weighted by molar-refractivity contribution is 0.171. The van der Waals surface area contributed by atoms with Crippen LogP contribution in [0.4, 0.5) is 0 Å². The Kier molecular flexibility index (Phi) is 4.60. The van der Waals surface area contributed by atoms with Gasteiger partial charge in [-0.2, -0.15) is 0 Å². The van der Waals surface area contributed by atoms with E-state index in [2.05, 4.69) is 19.2 Å². The third-order valence-electron chi connectivity index (χ3n) is 4.66. The molecule has 4 heteroatoms. The van der Waals surface area contributed by atoms with Gasteiger partial charge >= 0.3 is 0 Å². The average molecular weight is 310 g/mol. The van der Waals surface area contributed by atoms with Crippen molar-refractivity contribution in [1.82, 2.24) is 5.32 Å². The van der Waals surface area contributed by atoms with Gasteiger partial charge in [-0.05, 0) is 48.8 Å². The standard InChI is InChI=1S/C17H24ClNO2/c1-11-3-4-15(12(2)7-11)19-10-13-8-14(18)17-16(9-13)20-5-6-21-17/h8-9,11-12,15,19H,3-7,10H2,1-2H3. The lowest BCUT2D eigenvalue weighted by Crippen LogP contribution is -2.38. The monoisotopic (exact) mass is 309 g/mol. The molecule has 1 aromatic carbocycles. The summed E-state index contributed by atoms with van der Waals surface area (Å²) in [5.74, 6) is 3.06. The van der Waals surface area contributed by atoms with E-state index in [1.807, 2.05) is 12.1 Å². The van der Waals surface area contributed by atoms with Gasteiger partial charge in [-0.25, -0.2) is 0 Å². The molecule has 0 spiro atoms. The zero-order valence-electron chi connectivity index (χ0n) is 12.8. The predicted octanol–water partition coefficient (Wildman–Crippen LogP) is 4.03. The van der Waals surface area contributed by atoms with Crippen LogP contribution >= 0.6 is 11.6 Å². The molecule has 1 saturated carbocycles. The fourth-order valence-corrected chi connectivity index (χ4v) is 3.77. The summed E-state index contributed by atoms with van der Waals surface area (Å²) in [5.41, 5.74) is 1.16. The first-order valence-electron chi connectivity index (χ1n) is 7.95. The molecular weight excluding hydrogens is 286 g/mol. The van der Waals surface area contributed by atoms with Crippen molar-refractivity contribution in [2.45, 2.75) is 45.7 Å². The highest BCUT2D eigenvalue weighted by Gasteiger charge is 2.25. The normalized spacial score (nSPS) is 28.4. The Balaban J connectivity index is 1.64. The average Bonchev–Trinajstić information content (AvgIpc) is 2.46. The SMILES string of the molecule is CC1CCC(NCc2cc(Cl)c3c(c2)OCCO3)C(C)C1. The molecule has 0 bridgehead atoms. The number of hydrogen-bond acceptors (Lipinski definition) is 3. The molecule has 1 heterocycles. The molecule has 1 fully saturated rings. The minimum atomic E-state index is 0.572. The zero-order chi connectivity index (χ0) is 14.8. The summed E-state index contributed by atoms with van der Waals surface area (Å²) in [6.07, 6.45) is 3.91. The molecule has 1 aliphatic heterocycles. The quantitative estimate of drug-likeness (QED) is 0.914. The summed E-state index contributed by atoms with van der Waals surface area (Å²) < 4.78 is 11.2. The van der Waals surface area contributed by atoms with E-state index >= 15 is 0 Å². The van der Waals surface area contributed by atoms with Crippen LogP contribution in [0.5, 0.6) is 11.5 Å². The van der Waals surface area contributed by atoms with Gasteiger partial charge < -0.3 is 14.8 Å². The van der Waals surface area contributed by atoms with E-state index in [-0.39, 0.29) is 0 Å². The zero-order valence-corrected chi connectivity index (χ0v) is 13.6.